The summed E-state index contributed by atoms with van der Waals surface area (Å²) in [6, 6.07) is 15.0. The van der Waals surface area contributed by atoms with Crippen LogP contribution in [-0.2, 0) is 4.79 Å². The molecule has 2 aliphatic rings. The fourth-order valence-corrected chi connectivity index (χ4v) is 3.51. The summed E-state index contributed by atoms with van der Waals surface area (Å²) in [5.41, 5.74) is 7.16. The number of hydrogen-bond donors (Lipinski definition) is 2. The smallest absolute Gasteiger partial charge is 0.256 e. The second-order valence-corrected chi connectivity index (χ2v) is 6.53. The lowest BCUT2D eigenvalue weighted by Gasteiger charge is -2.20. The molecule has 0 aromatic heterocycles. The number of benzene rings is 2. The second kappa shape index (κ2) is 6.18. The van der Waals surface area contributed by atoms with E-state index in [1.165, 1.54) is 0 Å². The molecular formula is C20H20N3O2+. The Morgan fingerprint density at radius 3 is 2.60 bits per heavy atom. The van der Waals surface area contributed by atoms with Crippen molar-refractivity contribution in [1.29, 1.82) is 0 Å². The molecule has 2 aliphatic heterocycles. The van der Waals surface area contributed by atoms with Gasteiger partial charge in [-0.25, -0.2) is 0 Å². The number of fused-ring (bicyclic) bond motifs is 2. The van der Waals surface area contributed by atoms with Gasteiger partial charge in [0.25, 0.3) is 11.8 Å². The summed E-state index contributed by atoms with van der Waals surface area (Å²) in [6.07, 6.45) is 4.74. The summed E-state index contributed by atoms with van der Waals surface area (Å²) in [5, 5.41) is 2.89. The van der Waals surface area contributed by atoms with Gasteiger partial charge in [0.2, 0.25) is 0 Å². The molecule has 0 spiro atoms. The molecule has 0 unspecified atom stereocenters. The Balaban J connectivity index is 1.68. The van der Waals surface area contributed by atoms with Crippen LogP contribution in [0.2, 0.25) is 0 Å². The van der Waals surface area contributed by atoms with Crippen LogP contribution in [0.3, 0.4) is 0 Å². The Kier molecular flexibility index (Phi) is 3.86. The molecule has 5 heteroatoms. The standard InChI is InChI=1S/C20H19N3O2/c21-16-10-11-23-18(16)19(24)22-17-9-8-14(12-15(17)20(23)25)7-6-13-4-2-1-3-5-13/h1-9,12,16,18H,10-11,21H2,(H,22,24)/p+1/b7-6+/t16-,18-/m0/s1. The lowest BCUT2D eigenvalue weighted by molar-refractivity contribution is -0.419. The quantitative estimate of drug-likeness (QED) is 0.819. The van der Waals surface area contributed by atoms with Gasteiger partial charge in [-0.3, -0.25) is 9.59 Å². The van der Waals surface area contributed by atoms with Crippen molar-refractivity contribution >= 4 is 29.7 Å². The summed E-state index contributed by atoms with van der Waals surface area (Å²) < 4.78 is 0. The van der Waals surface area contributed by atoms with Gasteiger partial charge in [-0.05, 0) is 23.3 Å². The predicted octanol–water partition coefficient (Wildman–Crippen LogP) is 1.63. The van der Waals surface area contributed by atoms with E-state index in [1.54, 1.807) is 11.0 Å². The van der Waals surface area contributed by atoms with Crippen LogP contribution in [0.5, 0.6) is 0 Å². The van der Waals surface area contributed by atoms with Crippen molar-refractivity contribution in [2.75, 3.05) is 11.9 Å². The lowest BCUT2D eigenvalue weighted by Crippen LogP contribution is -2.68. The second-order valence-electron chi connectivity index (χ2n) is 6.53. The molecule has 4 rings (SSSR count). The number of nitrogens with one attached hydrogen (secondary N) is 1. The molecule has 0 bridgehead atoms. The first-order chi connectivity index (χ1) is 12.1. The monoisotopic (exact) mass is 334 g/mol. The molecular weight excluding hydrogens is 314 g/mol. The first-order valence-electron chi connectivity index (χ1n) is 8.45. The maximum absolute atomic E-state index is 12.9. The minimum absolute atomic E-state index is 0.0595. The van der Waals surface area contributed by atoms with Gasteiger partial charge < -0.3 is 16.0 Å². The highest BCUT2D eigenvalue weighted by atomic mass is 16.2. The fraction of sp³-hybridized carbons (Fsp3) is 0.200. The normalized spacial score (nSPS) is 22.5. The number of anilines is 1. The van der Waals surface area contributed by atoms with E-state index in [1.807, 2.05) is 54.6 Å². The molecule has 2 aromatic carbocycles. The predicted molar refractivity (Wildman–Crippen MR) is 96.6 cm³/mol. The maximum Gasteiger partial charge on any atom is 0.256 e. The largest absolute Gasteiger partial charge is 0.353 e. The Bertz CT molecular complexity index is 860. The number of carbonyl (C=O) groups is 2. The molecule has 2 aromatic rings. The lowest BCUT2D eigenvalue weighted by atomic mass is 10.1. The van der Waals surface area contributed by atoms with E-state index in [-0.39, 0.29) is 17.9 Å². The number of rotatable bonds is 2. The Hall–Kier alpha value is -2.92. The Morgan fingerprint density at radius 2 is 1.80 bits per heavy atom. The molecule has 1 saturated heterocycles. The maximum atomic E-state index is 12.9. The van der Waals surface area contributed by atoms with Gasteiger partial charge in [-0.15, -0.1) is 0 Å². The van der Waals surface area contributed by atoms with Crippen LogP contribution >= 0.6 is 0 Å². The van der Waals surface area contributed by atoms with Crippen LogP contribution in [0, 0.1) is 0 Å². The van der Waals surface area contributed by atoms with E-state index >= 15 is 0 Å². The van der Waals surface area contributed by atoms with E-state index < -0.39 is 6.04 Å². The topological polar surface area (TPSA) is 77.1 Å². The Labute approximate surface area is 146 Å². The van der Waals surface area contributed by atoms with Crippen LogP contribution in [0.1, 0.15) is 27.9 Å². The van der Waals surface area contributed by atoms with Crippen molar-refractivity contribution in [3.63, 3.8) is 0 Å². The van der Waals surface area contributed by atoms with Crippen LogP contribution < -0.4 is 11.1 Å². The van der Waals surface area contributed by atoms with Crippen LogP contribution in [0.15, 0.2) is 48.5 Å². The molecule has 2 atom stereocenters. The van der Waals surface area contributed by atoms with E-state index in [0.717, 1.165) is 17.5 Å². The third-order valence-corrected chi connectivity index (χ3v) is 4.85. The number of amides is 2. The molecule has 1 fully saturated rings. The zero-order valence-electron chi connectivity index (χ0n) is 13.8. The van der Waals surface area contributed by atoms with Crippen molar-refractivity contribution in [2.24, 2.45) is 0 Å². The zero-order valence-corrected chi connectivity index (χ0v) is 13.8. The molecule has 2 amide bonds. The van der Waals surface area contributed by atoms with Crippen LogP contribution in [0.25, 0.3) is 12.2 Å². The average molecular weight is 334 g/mol. The van der Waals surface area contributed by atoms with Gasteiger partial charge in [0.1, 0.15) is 6.04 Å². The minimum Gasteiger partial charge on any atom is -0.353 e. The van der Waals surface area contributed by atoms with Gasteiger partial charge in [-0.2, -0.15) is 0 Å². The van der Waals surface area contributed by atoms with Gasteiger partial charge in [0.05, 0.1) is 11.3 Å². The van der Waals surface area contributed by atoms with E-state index in [2.05, 4.69) is 11.1 Å². The van der Waals surface area contributed by atoms with Crippen LogP contribution in [-0.4, -0.2) is 35.3 Å². The van der Waals surface area contributed by atoms with E-state index in [4.69, 9.17) is 0 Å². The first-order valence-corrected chi connectivity index (χ1v) is 8.45. The summed E-state index contributed by atoms with van der Waals surface area (Å²) in [6.45, 7) is 0.578. The highest BCUT2D eigenvalue weighted by Crippen LogP contribution is 2.29. The molecule has 2 heterocycles. The van der Waals surface area contributed by atoms with Crippen molar-refractivity contribution in [1.82, 2.24) is 4.90 Å². The molecule has 0 saturated carbocycles. The molecule has 126 valence electrons. The van der Waals surface area contributed by atoms with E-state index in [9.17, 15) is 9.59 Å². The number of carbonyl (C=O) groups excluding carboxylic acids is 2. The highest BCUT2D eigenvalue weighted by Gasteiger charge is 2.45. The summed E-state index contributed by atoms with van der Waals surface area (Å²) in [5.74, 6) is -0.239. The average Bonchev–Trinajstić information content (AvgIpc) is 2.98. The van der Waals surface area contributed by atoms with Gasteiger partial charge in [0, 0.05) is 13.0 Å². The fourth-order valence-electron chi connectivity index (χ4n) is 3.51. The van der Waals surface area contributed by atoms with E-state index in [0.29, 0.717) is 17.8 Å². The molecule has 5 nitrogen and oxygen atoms in total. The summed E-state index contributed by atoms with van der Waals surface area (Å²) in [7, 11) is 0. The minimum atomic E-state index is -0.469. The van der Waals surface area contributed by atoms with Crippen molar-refractivity contribution in [3.05, 3.63) is 65.2 Å². The summed E-state index contributed by atoms with van der Waals surface area (Å²) in [4.78, 5) is 27.0. The molecule has 25 heavy (non-hydrogen) atoms. The number of nitrogens with zero attached hydrogens (tertiary/aromatic N) is 1. The van der Waals surface area contributed by atoms with Gasteiger partial charge in [0.15, 0.2) is 6.04 Å². The van der Waals surface area contributed by atoms with Crippen LogP contribution in [0.4, 0.5) is 5.69 Å². The third kappa shape index (κ3) is 2.83. The number of quaternary nitrogens is 1. The van der Waals surface area contributed by atoms with Crippen molar-refractivity contribution < 1.29 is 15.3 Å². The van der Waals surface area contributed by atoms with Crippen molar-refractivity contribution in [3.8, 4) is 0 Å². The molecule has 4 N–H and O–H groups in total. The SMILES string of the molecule is [NH3+][C@H]1CCN2C(=O)c3cc(/C=C/c4ccccc4)ccc3NC(=O)[C@H]12. The highest BCUT2D eigenvalue weighted by molar-refractivity contribution is 6.10. The zero-order chi connectivity index (χ0) is 17.4. The van der Waals surface area contributed by atoms with Gasteiger partial charge in [-0.1, -0.05) is 48.6 Å². The molecule has 0 radical (unpaired) electrons. The van der Waals surface area contributed by atoms with Gasteiger partial charge >= 0.3 is 0 Å². The first kappa shape index (κ1) is 15.6. The van der Waals surface area contributed by atoms with Crippen molar-refractivity contribution in [2.45, 2.75) is 18.5 Å². The summed E-state index contributed by atoms with van der Waals surface area (Å²) >= 11 is 0. The third-order valence-electron chi connectivity index (χ3n) is 4.85. The molecule has 0 aliphatic carbocycles. The Morgan fingerprint density at radius 1 is 1.04 bits per heavy atom. The number of hydrogen-bond acceptors (Lipinski definition) is 2.